The van der Waals surface area contributed by atoms with Crippen LogP contribution in [0.3, 0.4) is 0 Å². The third-order valence-corrected chi connectivity index (χ3v) is 6.21. The molecule has 1 atom stereocenters. The predicted molar refractivity (Wildman–Crippen MR) is 94.9 cm³/mol. The molecule has 1 unspecified atom stereocenters. The van der Waals surface area contributed by atoms with Gasteiger partial charge in [-0.2, -0.15) is 4.72 Å². The first-order valence-corrected chi connectivity index (χ1v) is 9.93. The lowest BCUT2D eigenvalue weighted by Crippen LogP contribution is -2.47. The molecule has 5 N–H and O–H groups in total. The van der Waals surface area contributed by atoms with Crippen LogP contribution in [-0.2, 0) is 19.6 Å². The van der Waals surface area contributed by atoms with Crippen LogP contribution in [0.15, 0.2) is 57.2 Å². The minimum absolute atomic E-state index is 0.128. The highest BCUT2D eigenvalue weighted by Crippen LogP contribution is 2.47. The zero-order chi connectivity index (χ0) is 19.6. The van der Waals surface area contributed by atoms with Crippen molar-refractivity contribution in [2.45, 2.75) is 27.1 Å². The van der Waals surface area contributed by atoms with Crippen molar-refractivity contribution in [2.24, 2.45) is 5.73 Å². The topological polar surface area (TPSA) is 148 Å². The molecule has 0 aliphatic carbocycles. The van der Waals surface area contributed by atoms with E-state index in [4.69, 9.17) is 15.7 Å². The summed E-state index contributed by atoms with van der Waals surface area (Å²) in [6.45, 7) is 0. The molecule has 9 nitrogen and oxygen atoms in total. The van der Waals surface area contributed by atoms with E-state index in [0.29, 0.717) is 16.4 Å². The number of primary amides is 1. The first-order chi connectivity index (χ1) is 12.8. The number of carbonyl (C=O) groups is 2. The van der Waals surface area contributed by atoms with Gasteiger partial charge in [-0.1, -0.05) is 23.9 Å². The van der Waals surface area contributed by atoms with E-state index in [-0.39, 0.29) is 4.90 Å². The summed E-state index contributed by atoms with van der Waals surface area (Å²) >= 11 is 1.34. The quantitative estimate of drug-likeness (QED) is 0.350. The Morgan fingerprint density at radius 2 is 1.85 bits per heavy atom. The molecule has 0 fully saturated rings. The highest BCUT2D eigenvalue weighted by atomic mass is 32.2. The number of hydrogen-bond acceptors (Lipinski definition) is 7. The number of benzene rings is 2. The van der Waals surface area contributed by atoms with Gasteiger partial charge in [0.15, 0.2) is 0 Å². The molecule has 0 saturated heterocycles. The summed E-state index contributed by atoms with van der Waals surface area (Å²) < 4.78 is 33.0. The second kappa shape index (κ2) is 7.56. The minimum atomic E-state index is -4.17. The van der Waals surface area contributed by atoms with Crippen LogP contribution in [0.2, 0.25) is 0 Å². The summed E-state index contributed by atoms with van der Waals surface area (Å²) in [5.41, 5.74) is 6.33. The summed E-state index contributed by atoms with van der Waals surface area (Å²) in [4.78, 5) is 24.0. The fourth-order valence-electron chi connectivity index (χ4n) is 2.40. The van der Waals surface area contributed by atoms with E-state index in [1.54, 1.807) is 6.07 Å². The van der Waals surface area contributed by atoms with Gasteiger partial charge in [-0.05, 0) is 30.3 Å². The molecule has 2 amide bonds. The highest BCUT2D eigenvalue weighted by Gasteiger charge is 2.28. The fraction of sp³-hybridized carbons (Fsp3) is 0.125. The van der Waals surface area contributed by atoms with E-state index >= 15 is 0 Å². The van der Waals surface area contributed by atoms with Crippen LogP contribution in [0.4, 0.5) is 0 Å². The third-order valence-electron chi connectivity index (χ3n) is 3.64. The molecular weight excluding hydrogens is 394 g/mol. The van der Waals surface area contributed by atoms with Crippen LogP contribution in [0, 0.1) is 0 Å². The molecule has 0 radical (unpaired) electrons. The van der Waals surface area contributed by atoms with Crippen LogP contribution in [0.5, 0.6) is 11.5 Å². The standard InChI is InChI=1S/C16H15N3O6S2/c17-15(20)8-10(16(21)18-22)19-27(23,24)9-5-6-12-14(7-9)26-13-4-2-1-3-11(13)25-12/h1-7,10,19,22H,8H2,(H2,17,20)(H,18,21). The van der Waals surface area contributed by atoms with E-state index in [9.17, 15) is 18.0 Å². The second-order valence-corrected chi connectivity index (χ2v) is 8.38. The molecule has 0 saturated carbocycles. The van der Waals surface area contributed by atoms with Crippen molar-refractivity contribution < 1.29 is 28.0 Å². The van der Waals surface area contributed by atoms with E-state index in [0.717, 1.165) is 4.90 Å². The number of sulfonamides is 1. The second-order valence-electron chi connectivity index (χ2n) is 5.58. The van der Waals surface area contributed by atoms with E-state index in [1.807, 2.05) is 18.2 Å². The zero-order valence-electron chi connectivity index (χ0n) is 13.7. The Balaban J connectivity index is 1.88. The summed E-state index contributed by atoms with van der Waals surface area (Å²) in [5, 5.41) is 8.73. The summed E-state index contributed by atoms with van der Waals surface area (Å²) in [6, 6.07) is 9.99. The van der Waals surface area contributed by atoms with Gasteiger partial charge in [-0.3, -0.25) is 14.8 Å². The average molecular weight is 409 g/mol. The number of ether oxygens (including phenoxy) is 1. The monoisotopic (exact) mass is 409 g/mol. The van der Waals surface area contributed by atoms with Crippen LogP contribution in [0.1, 0.15) is 6.42 Å². The molecule has 1 heterocycles. The van der Waals surface area contributed by atoms with Gasteiger partial charge in [0.2, 0.25) is 15.9 Å². The zero-order valence-corrected chi connectivity index (χ0v) is 15.3. The van der Waals surface area contributed by atoms with Crippen LogP contribution in [-0.4, -0.2) is 31.5 Å². The van der Waals surface area contributed by atoms with E-state index in [2.05, 4.69) is 4.72 Å². The lowest BCUT2D eigenvalue weighted by Gasteiger charge is -2.20. The number of nitrogens with two attached hydrogens (primary N) is 1. The van der Waals surface area contributed by atoms with Crippen molar-refractivity contribution in [2.75, 3.05) is 0 Å². The molecule has 0 spiro atoms. The SMILES string of the molecule is NC(=O)CC(NS(=O)(=O)c1ccc2c(c1)Sc1ccccc1O2)C(=O)NO. The van der Waals surface area contributed by atoms with Crippen molar-refractivity contribution in [3.8, 4) is 11.5 Å². The largest absolute Gasteiger partial charge is 0.455 e. The Hall–Kier alpha value is -2.60. The van der Waals surface area contributed by atoms with Gasteiger partial charge in [0.05, 0.1) is 21.1 Å². The maximum Gasteiger partial charge on any atom is 0.262 e. The first-order valence-electron chi connectivity index (χ1n) is 7.63. The van der Waals surface area contributed by atoms with Gasteiger partial charge in [-0.25, -0.2) is 13.9 Å². The molecule has 142 valence electrons. The van der Waals surface area contributed by atoms with Gasteiger partial charge in [0.1, 0.15) is 17.5 Å². The summed E-state index contributed by atoms with van der Waals surface area (Å²) in [7, 11) is -4.17. The van der Waals surface area contributed by atoms with Crippen LogP contribution < -0.4 is 20.7 Å². The Morgan fingerprint density at radius 3 is 2.56 bits per heavy atom. The van der Waals surface area contributed by atoms with Gasteiger partial charge in [-0.15, -0.1) is 0 Å². The van der Waals surface area contributed by atoms with Gasteiger partial charge < -0.3 is 10.5 Å². The maximum absolute atomic E-state index is 12.6. The summed E-state index contributed by atoms with van der Waals surface area (Å²) in [6.07, 6.45) is -0.609. The number of hydroxylamine groups is 1. The number of nitrogens with one attached hydrogen (secondary N) is 2. The maximum atomic E-state index is 12.6. The Morgan fingerprint density at radius 1 is 1.15 bits per heavy atom. The van der Waals surface area contributed by atoms with Crippen molar-refractivity contribution in [1.82, 2.24) is 10.2 Å². The number of para-hydroxylation sites is 1. The number of carbonyl (C=O) groups excluding carboxylic acids is 2. The fourth-order valence-corrected chi connectivity index (χ4v) is 4.68. The Bertz CT molecular complexity index is 1010. The molecule has 3 rings (SSSR count). The number of hydrogen-bond donors (Lipinski definition) is 4. The Labute approximate surface area is 158 Å². The van der Waals surface area contributed by atoms with E-state index in [1.165, 1.54) is 35.4 Å². The molecule has 0 bridgehead atoms. The predicted octanol–water partition coefficient (Wildman–Crippen LogP) is 0.971. The van der Waals surface area contributed by atoms with Gasteiger partial charge in [0, 0.05) is 0 Å². The van der Waals surface area contributed by atoms with E-state index < -0.39 is 34.3 Å². The molecule has 2 aromatic carbocycles. The normalized spacial score (nSPS) is 13.7. The van der Waals surface area contributed by atoms with Crippen molar-refractivity contribution in [3.05, 3.63) is 42.5 Å². The lowest BCUT2D eigenvalue weighted by atomic mass is 10.2. The molecule has 0 aromatic heterocycles. The van der Waals surface area contributed by atoms with Crippen molar-refractivity contribution in [3.63, 3.8) is 0 Å². The average Bonchev–Trinajstić information content (AvgIpc) is 2.64. The highest BCUT2D eigenvalue weighted by molar-refractivity contribution is 7.99. The molecule has 1 aliphatic rings. The van der Waals surface area contributed by atoms with Gasteiger partial charge >= 0.3 is 0 Å². The summed E-state index contributed by atoms with van der Waals surface area (Å²) in [5.74, 6) is -0.830. The van der Waals surface area contributed by atoms with Crippen molar-refractivity contribution in [1.29, 1.82) is 0 Å². The number of amides is 2. The molecule has 2 aromatic rings. The smallest absolute Gasteiger partial charge is 0.262 e. The molecular formula is C16H15N3O6S2. The number of fused-ring (bicyclic) bond motifs is 2. The Kier molecular flexibility index (Phi) is 5.37. The molecule has 1 aliphatic heterocycles. The molecule has 11 heteroatoms. The van der Waals surface area contributed by atoms with Crippen molar-refractivity contribution >= 4 is 33.6 Å². The van der Waals surface area contributed by atoms with Crippen LogP contribution in [0.25, 0.3) is 0 Å². The third kappa shape index (κ3) is 4.22. The van der Waals surface area contributed by atoms with Crippen LogP contribution >= 0.6 is 11.8 Å². The minimum Gasteiger partial charge on any atom is -0.455 e. The number of rotatable bonds is 6. The first kappa shape index (κ1) is 19.2. The lowest BCUT2D eigenvalue weighted by molar-refractivity contribution is -0.133. The van der Waals surface area contributed by atoms with Gasteiger partial charge in [0.25, 0.3) is 5.91 Å². The molecule has 27 heavy (non-hydrogen) atoms.